The molecule has 0 bridgehead atoms. The van der Waals surface area contributed by atoms with Crippen molar-refractivity contribution in [1.29, 1.82) is 0 Å². The van der Waals surface area contributed by atoms with E-state index in [1.54, 1.807) is 47.4 Å². The van der Waals surface area contributed by atoms with E-state index in [2.05, 4.69) is 25.6 Å². The zero-order chi connectivity index (χ0) is 23.2. The van der Waals surface area contributed by atoms with Crippen LogP contribution >= 0.6 is 0 Å². The zero-order valence-electron chi connectivity index (χ0n) is 17.7. The van der Waals surface area contributed by atoms with Gasteiger partial charge in [0.1, 0.15) is 17.3 Å². The number of nitrogens with one attached hydrogen (secondary N) is 2. The predicted molar refractivity (Wildman–Crippen MR) is 123 cm³/mol. The second kappa shape index (κ2) is 7.69. The first kappa shape index (κ1) is 19.9. The smallest absolute Gasteiger partial charge is 0.278 e. The lowest BCUT2D eigenvalue weighted by atomic mass is 10.1. The van der Waals surface area contributed by atoms with Crippen LogP contribution in [0.1, 0.15) is 21.6 Å². The molecule has 9 nitrogen and oxygen atoms in total. The number of hydrogen-bond donors (Lipinski definition) is 3. The molecule has 0 saturated carbocycles. The van der Waals surface area contributed by atoms with Crippen molar-refractivity contribution in [2.45, 2.75) is 13.1 Å². The molecule has 10 heteroatoms. The molecule has 4 heterocycles. The largest absolute Gasteiger partial charge is 0.508 e. The number of phenolic OH excluding ortho intramolecular Hbond substituents is 1. The first-order valence-corrected chi connectivity index (χ1v) is 10.6. The Labute approximate surface area is 192 Å². The van der Waals surface area contributed by atoms with Crippen LogP contribution in [0, 0.1) is 5.82 Å². The molecule has 3 aromatic heterocycles. The molecule has 0 saturated heterocycles. The van der Waals surface area contributed by atoms with Crippen molar-refractivity contribution in [3.05, 3.63) is 89.8 Å². The van der Waals surface area contributed by atoms with Crippen LogP contribution in [0.2, 0.25) is 0 Å². The fraction of sp³-hybridized carbons (Fsp3) is 0.0833. The fourth-order valence-corrected chi connectivity index (χ4v) is 4.28. The number of anilines is 2. The molecule has 0 unspecified atom stereocenters. The molecule has 0 atom stereocenters. The second-order valence-electron chi connectivity index (χ2n) is 8.02. The SMILES string of the molecule is O=C(Nc1cccc(O)c1)c1nn2c(-c3cn[nH]c3)ccnc2c1N1Cc2ccc(F)cc2C1. The Morgan fingerprint density at radius 3 is 2.82 bits per heavy atom. The predicted octanol–water partition coefficient (Wildman–Crippen LogP) is 3.74. The maximum Gasteiger partial charge on any atom is 0.278 e. The Hall–Kier alpha value is -4.73. The van der Waals surface area contributed by atoms with E-state index in [1.165, 1.54) is 24.3 Å². The number of rotatable bonds is 4. The van der Waals surface area contributed by atoms with E-state index in [4.69, 9.17) is 0 Å². The van der Waals surface area contributed by atoms with Gasteiger partial charge in [-0.25, -0.2) is 13.9 Å². The summed E-state index contributed by atoms with van der Waals surface area (Å²) in [6.45, 7) is 0.902. The highest BCUT2D eigenvalue weighted by molar-refractivity contribution is 6.09. The molecule has 34 heavy (non-hydrogen) atoms. The van der Waals surface area contributed by atoms with E-state index < -0.39 is 5.91 Å². The average molecular weight is 455 g/mol. The van der Waals surface area contributed by atoms with Gasteiger partial charge in [0, 0.05) is 42.8 Å². The molecule has 2 aromatic carbocycles. The van der Waals surface area contributed by atoms with Crippen molar-refractivity contribution in [3.8, 4) is 17.0 Å². The number of halogens is 1. The summed E-state index contributed by atoms with van der Waals surface area (Å²) >= 11 is 0. The lowest BCUT2D eigenvalue weighted by Gasteiger charge is -2.17. The monoisotopic (exact) mass is 455 g/mol. The lowest BCUT2D eigenvalue weighted by molar-refractivity contribution is 0.102. The maximum atomic E-state index is 13.8. The number of carbonyl (C=O) groups excluding carboxylic acids is 1. The van der Waals surface area contributed by atoms with Gasteiger partial charge in [-0.2, -0.15) is 10.2 Å². The van der Waals surface area contributed by atoms with Gasteiger partial charge in [-0.05, 0) is 41.5 Å². The van der Waals surface area contributed by atoms with E-state index in [0.717, 1.165) is 16.7 Å². The van der Waals surface area contributed by atoms with Crippen LogP contribution in [-0.2, 0) is 13.1 Å². The van der Waals surface area contributed by atoms with Gasteiger partial charge >= 0.3 is 0 Å². The maximum absolute atomic E-state index is 13.8. The lowest BCUT2D eigenvalue weighted by Crippen LogP contribution is -2.20. The number of phenols is 1. The van der Waals surface area contributed by atoms with Gasteiger partial charge < -0.3 is 15.3 Å². The summed E-state index contributed by atoms with van der Waals surface area (Å²) in [7, 11) is 0. The molecule has 0 radical (unpaired) electrons. The highest BCUT2D eigenvalue weighted by Gasteiger charge is 2.30. The van der Waals surface area contributed by atoms with Crippen molar-refractivity contribution in [2.75, 3.05) is 10.2 Å². The van der Waals surface area contributed by atoms with Gasteiger partial charge in [0.2, 0.25) is 0 Å². The number of H-pyrrole nitrogens is 1. The standard InChI is InChI=1S/C24H18FN7O2/c25-17-5-4-14-12-31(13-15(14)8-17)22-21(24(34)29-18-2-1-3-19(33)9-18)30-32-20(6-7-26-23(22)32)16-10-27-28-11-16/h1-11,33H,12-13H2,(H,27,28)(H,29,34). The first-order chi connectivity index (χ1) is 16.6. The Morgan fingerprint density at radius 1 is 1.12 bits per heavy atom. The topological polar surface area (TPSA) is 111 Å². The van der Waals surface area contributed by atoms with Crippen molar-refractivity contribution in [1.82, 2.24) is 24.8 Å². The molecule has 6 rings (SSSR count). The van der Waals surface area contributed by atoms with Crippen LogP contribution in [0.3, 0.4) is 0 Å². The first-order valence-electron chi connectivity index (χ1n) is 10.6. The quantitative estimate of drug-likeness (QED) is 0.381. The second-order valence-corrected chi connectivity index (χ2v) is 8.02. The van der Waals surface area contributed by atoms with E-state index in [1.807, 2.05) is 4.90 Å². The summed E-state index contributed by atoms with van der Waals surface area (Å²) in [5, 5.41) is 24.0. The Kier molecular flexibility index (Phi) is 4.51. The van der Waals surface area contributed by atoms with Gasteiger partial charge in [-0.15, -0.1) is 0 Å². The van der Waals surface area contributed by atoms with E-state index in [9.17, 15) is 14.3 Å². The average Bonchev–Trinajstić information content (AvgIpc) is 3.56. The van der Waals surface area contributed by atoms with Crippen molar-refractivity contribution in [3.63, 3.8) is 0 Å². The van der Waals surface area contributed by atoms with Gasteiger partial charge in [0.25, 0.3) is 5.91 Å². The molecular weight excluding hydrogens is 437 g/mol. The third-order valence-electron chi connectivity index (χ3n) is 5.81. The number of nitrogens with zero attached hydrogens (tertiary/aromatic N) is 5. The van der Waals surface area contributed by atoms with Crippen LogP contribution in [0.4, 0.5) is 15.8 Å². The number of aromatic nitrogens is 5. The number of fused-ring (bicyclic) bond motifs is 2. The summed E-state index contributed by atoms with van der Waals surface area (Å²) in [5.41, 5.74) is 4.96. The van der Waals surface area contributed by atoms with Gasteiger partial charge in [0.15, 0.2) is 11.3 Å². The van der Waals surface area contributed by atoms with Crippen LogP contribution in [0.25, 0.3) is 16.9 Å². The number of aromatic amines is 1. The molecule has 1 amide bonds. The molecule has 0 fully saturated rings. The highest BCUT2D eigenvalue weighted by Crippen LogP contribution is 2.35. The molecule has 1 aliphatic rings. The summed E-state index contributed by atoms with van der Waals surface area (Å²) in [6, 6.07) is 12.8. The van der Waals surface area contributed by atoms with Crippen LogP contribution in [0.5, 0.6) is 5.75 Å². The highest BCUT2D eigenvalue weighted by atomic mass is 19.1. The number of amides is 1. The number of benzene rings is 2. The molecular formula is C24H18FN7O2. The molecule has 0 spiro atoms. The summed E-state index contributed by atoms with van der Waals surface area (Å²) in [5.74, 6) is -0.719. The van der Waals surface area contributed by atoms with Crippen molar-refractivity contribution >= 4 is 22.9 Å². The zero-order valence-corrected chi connectivity index (χ0v) is 17.7. The molecule has 3 N–H and O–H groups in total. The van der Waals surface area contributed by atoms with E-state index in [-0.39, 0.29) is 17.3 Å². The molecule has 1 aliphatic heterocycles. The van der Waals surface area contributed by atoms with Crippen molar-refractivity contribution < 1.29 is 14.3 Å². The van der Waals surface area contributed by atoms with E-state index >= 15 is 0 Å². The van der Waals surface area contributed by atoms with Crippen LogP contribution in [-0.4, -0.2) is 35.8 Å². The minimum atomic E-state index is -0.452. The number of carbonyl (C=O) groups is 1. The van der Waals surface area contributed by atoms with Gasteiger partial charge in [0.05, 0.1) is 11.9 Å². The van der Waals surface area contributed by atoms with Gasteiger partial charge in [-0.1, -0.05) is 12.1 Å². The normalized spacial score (nSPS) is 12.8. The van der Waals surface area contributed by atoms with E-state index in [0.29, 0.717) is 35.8 Å². The Bertz CT molecular complexity index is 1540. The minimum absolute atomic E-state index is 0.0361. The minimum Gasteiger partial charge on any atom is -0.508 e. The molecule has 168 valence electrons. The third-order valence-corrected chi connectivity index (χ3v) is 5.81. The van der Waals surface area contributed by atoms with Crippen molar-refractivity contribution in [2.24, 2.45) is 0 Å². The third kappa shape index (κ3) is 3.32. The van der Waals surface area contributed by atoms with Crippen LogP contribution in [0.15, 0.2) is 67.1 Å². The molecule has 5 aromatic rings. The van der Waals surface area contributed by atoms with Crippen LogP contribution < -0.4 is 10.2 Å². The van der Waals surface area contributed by atoms with Gasteiger partial charge in [-0.3, -0.25) is 9.89 Å². The summed E-state index contributed by atoms with van der Waals surface area (Å²) < 4.78 is 15.4. The summed E-state index contributed by atoms with van der Waals surface area (Å²) in [6.07, 6.45) is 5.05. The Morgan fingerprint density at radius 2 is 2.00 bits per heavy atom. The number of aromatic hydroxyl groups is 1. The number of hydrogen-bond acceptors (Lipinski definition) is 6. The Balaban J connectivity index is 1.49. The fourth-order valence-electron chi connectivity index (χ4n) is 4.28. The molecule has 0 aliphatic carbocycles. The summed E-state index contributed by atoms with van der Waals surface area (Å²) in [4.78, 5) is 19.9.